The van der Waals surface area contributed by atoms with Crippen molar-refractivity contribution in [3.63, 3.8) is 0 Å². The number of benzene rings is 1. The van der Waals surface area contributed by atoms with E-state index in [0.29, 0.717) is 6.54 Å². The molecule has 0 aliphatic carbocycles. The summed E-state index contributed by atoms with van der Waals surface area (Å²) in [6, 6.07) is 8.21. The molecular formula is C21H29N5O3. The number of anilines is 3. The summed E-state index contributed by atoms with van der Waals surface area (Å²) in [7, 11) is 0. The zero-order chi connectivity index (χ0) is 21.1. The minimum Gasteiger partial charge on any atom is -0.383 e. The first-order valence-corrected chi connectivity index (χ1v) is 10.2. The van der Waals surface area contributed by atoms with E-state index in [2.05, 4.69) is 22.9 Å². The van der Waals surface area contributed by atoms with E-state index in [-0.39, 0.29) is 36.5 Å². The number of aromatic nitrogens is 2. The minimum absolute atomic E-state index is 0.0391. The van der Waals surface area contributed by atoms with Gasteiger partial charge in [0.15, 0.2) is 5.69 Å². The predicted octanol–water partition coefficient (Wildman–Crippen LogP) is 1.72. The number of unbranched alkanes of at least 4 members (excludes halogenated alkanes) is 1. The number of carbonyl (C=O) groups is 1. The second-order valence-electron chi connectivity index (χ2n) is 7.45. The Labute approximate surface area is 169 Å². The highest BCUT2D eigenvalue weighted by atomic mass is 16.2. The summed E-state index contributed by atoms with van der Waals surface area (Å²) in [5.41, 5.74) is 7.31. The van der Waals surface area contributed by atoms with Crippen LogP contribution in [0, 0.1) is 0 Å². The van der Waals surface area contributed by atoms with Gasteiger partial charge in [0.25, 0.3) is 5.56 Å². The Morgan fingerprint density at radius 1 is 1.28 bits per heavy atom. The fourth-order valence-electron chi connectivity index (χ4n) is 3.94. The van der Waals surface area contributed by atoms with E-state index in [1.165, 1.54) is 15.0 Å². The van der Waals surface area contributed by atoms with Crippen molar-refractivity contribution in [3.05, 3.63) is 50.7 Å². The van der Waals surface area contributed by atoms with Crippen molar-refractivity contribution >= 4 is 23.1 Å². The molecular weight excluding hydrogens is 370 g/mol. The van der Waals surface area contributed by atoms with Gasteiger partial charge in [-0.05, 0) is 38.3 Å². The molecule has 29 heavy (non-hydrogen) atoms. The van der Waals surface area contributed by atoms with Crippen LogP contribution < -0.4 is 26.8 Å². The third kappa shape index (κ3) is 3.92. The molecule has 0 radical (unpaired) electrons. The molecule has 0 fully saturated rings. The number of hydrogen-bond donors (Lipinski definition) is 2. The number of nitrogens with zero attached hydrogens (tertiary/aromatic N) is 3. The van der Waals surface area contributed by atoms with Crippen LogP contribution in [0.4, 0.5) is 17.2 Å². The molecule has 0 spiro atoms. The van der Waals surface area contributed by atoms with E-state index in [4.69, 9.17) is 5.73 Å². The Kier molecular flexibility index (Phi) is 6.10. The van der Waals surface area contributed by atoms with Crippen LogP contribution >= 0.6 is 0 Å². The van der Waals surface area contributed by atoms with Crippen molar-refractivity contribution in [2.45, 2.75) is 52.6 Å². The monoisotopic (exact) mass is 399 g/mol. The van der Waals surface area contributed by atoms with Crippen LogP contribution in [0.3, 0.4) is 0 Å². The lowest BCUT2D eigenvalue weighted by Gasteiger charge is -2.29. The smallest absolute Gasteiger partial charge is 0.330 e. The first kappa shape index (κ1) is 20.7. The summed E-state index contributed by atoms with van der Waals surface area (Å²) in [6.45, 7) is 6.69. The maximum atomic E-state index is 13.2. The molecule has 1 amide bonds. The normalized spacial score (nSPS) is 15.4. The largest absolute Gasteiger partial charge is 0.383 e. The summed E-state index contributed by atoms with van der Waals surface area (Å²) in [5, 5.41) is 0. The highest BCUT2D eigenvalue weighted by Gasteiger charge is 2.30. The molecule has 3 N–H and O–H groups in total. The molecule has 1 aliphatic heterocycles. The summed E-state index contributed by atoms with van der Waals surface area (Å²) in [5.74, 6) is -0.189. The van der Waals surface area contributed by atoms with Gasteiger partial charge in [-0.1, -0.05) is 31.5 Å². The highest BCUT2D eigenvalue weighted by molar-refractivity contribution is 5.98. The number of rotatable bonds is 7. The van der Waals surface area contributed by atoms with Gasteiger partial charge in [-0.2, -0.15) is 0 Å². The van der Waals surface area contributed by atoms with Gasteiger partial charge in [0.2, 0.25) is 5.91 Å². The number of nitrogens with two attached hydrogens (primary N) is 1. The Hall–Kier alpha value is -3.03. The fourth-order valence-corrected chi connectivity index (χ4v) is 3.94. The zero-order valence-corrected chi connectivity index (χ0v) is 17.3. The van der Waals surface area contributed by atoms with Gasteiger partial charge in [0.1, 0.15) is 5.82 Å². The number of carbonyl (C=O) groups excluding carboxylic acids is 1. The lowest BCUT2D eigenvalue weighted by atomic mass is 10.1. The van der Waals surface area contributed by atoms with Gasteiger partial charge >= 0.3 is 5.69 Å². The lowest BCUT2D eigenvalue weighted by molar-refractivity contribution is -0.117. The summed E-state index contributed by atoms with van der Waals surface area (Å²) >= 11 is 0. The molecule has 2 heterocycles. The number of amides is 1. The van der Waals surface area contributed by atoms with E-state index < -0.39 is 11.2 Å². The SMILES string of the molecule is CCCCn1c(N)c(N(CC)C(=O)CN2c3ccccc3C[C@@H]2C)c(=O)[nH]c1=O. The van der Waals surface area contributed by atoms with Crippen LogP contribution in [0.25, 0.3) is 0 Å². The number of nitrogen functional groups attached to an aromatic ring is 1. The quantitative estimate of drug-likeness (QED) is 0.738. The standard InChI is InChI=1S/C21H29N5O3/c1-4-6-11-25-19(22)18(20(28)23-21(25)29)24(5-2)17(27)13-26-14(3)12-15-9-7-8-10-16(15)26/h7-10,14H,4-6,11-13,22H2,1-3H3,(H,23,28,29)/t14-/m0/s1. The molecule has 1 aromatic carbocycles. The number of nitrogens with one attached hydrogen (secondary N) is 1. The van der Waals surface area contributed by atoms with Crippen molar-refractivity contribution in [2.75, 3.05) is 28.6 Å². The van der Waals surface area contributed by atoms with Crippen LogP contribution in [-0.4, -0.2) is 34.6 Å². The van der Waals surface area contributed by atoms with Crippen molar-refractivity contribution in [1.82, 2.24) is 9.55 Å². The number of para-hydroxylation sites is 1. The molecule has 0 saturated heterocycles. The molecule has 156 valence electrons. The molecule has 1 aliphatic rings. The zero-order valence-electron chi connectivity index (χ0n) is 17.3. The van der Waals surface area contributed by atoms with E-state index >= 15 is 0 Å². The fraction of sp³-hybridized carbons (Fsp3) is 0.476. The van der Waals surface area contributed by atoms with Crippen LogP contribution in [0.15, 0.2) is 33.9 Å². The first-order valence-electron chi connectivity index (χ1n) is 10.2. The van der Waals surface area contributed by atoms with Gasteiger partial charge in [-0.15, -0.1) is 0 Å². The van der Waals surface area contributed by atoms with E-state index in [1.807, 2.05) is 25.1 Å². The summed E-state index contributed by atoms with van der Waals surface area (Å²) in [4.78, 5) is 43.6. The predicted molar refractivity (Wildman–Crippen MR) is 116 cm³/mol. The molecule has 0 unspecified atom stereocenters. The Balaban J connectivity index is 1.93. The van der Waals surface area contributed by atoms with E-state index in [9.17, 15) is 14.4 Å². The second-order valence-corrected chi connectivity index (χ2v) is 7.45. The number of H-pyrrole nitrogens is 1. The van der Waals surface area contributed by atoms with Crippen LogP contribution in [-0.2, 0) is 17.8 Å². The third-order valence-corrected chi connectivity index (χ3v) is 5.49. The second kappa shape index (κ2) is 8.55. The maximum Gasteiger partial charge on any atom is 0.330 e. The number of likely N-dealkylation sites (N-methyl/N-ethyl adjacent to an activating group) is 1. The highest BCUT2D eigenvalue weighted by Crippen LogP contribution is 2.31. The van der Waals surface area contributed by atoms with E-state index in [0.717, 1.165) is 24.9 Å². The molecule has 8 heteroatoms. The number of aromatic amines is 1. The Bertz CT molecular complexity index is 1010. The van der Waals surface area contributed by atoms with Crippen molar-refractivity contribution in [1.29, 1.82) is 0 Å². The van der Waals surface area contributed by atoms with Crippen LogP contribution in [0.1, 0.15) is 39.2 Å². The summed E-state index contributed by atoms with van der Waals surface area (Å²) < 4.78 is 1.34. The van der Waals surface area contributed by atoms with E-state index in [1.54, 1.807) is 6.92 Å². The minimum atomic E-state index is -0.634. The Morgan fingerprint density at radius 3 is 2.69 bits per heavy atom. The molecule has 2 aromatic rings. The van der Waals surface area contributed by atoms with Gasteiger partial charge in [-0.3, -0.25) is 19.1 Å². The van der Waals surface area contributed by atoms with Crippen molar-refractivity contribution < 1.29 is 4.79 Å². The van der Waals surface area contributed by atoms with Crippen LogP contribution in [0.5, 0.6) is 0 Å². The Morgan fingerprint density at radius 2 is 2.00 bits per heavy atom. The first-order chi connectivity index (χ1) is 13.9. The molecule has 1 aromatic heterocycles. The average Bonchev–Trinajstić information content (AvgIpc) is 3.00. The number of hydrogen-bond acceptors (Lipinski definition) is 5. The molecule has 8 nitrogen and oxygen atoms in total. The van der Waals surface area contributed by atoms with Gasteiger partial charge < -0.3 is 15.5 Å². The number of fused-ring (bicyclic) bond motifs is 1. The van der Waals surface area contributed by atoms with Gasteiger partial charge in [-0.25, -0.2) is 4.79 Å². The molecule has 3 rings (SSSR count). The lowest BCUT2D eigenvalue weighted by Crippen LogP contribution is -2.46. The van der Waals surface area contributed by atoms with Crippen molar-refractivity contribution in [3.8, 4) is 0 Å². The third-order valence-electron chi connectivity index (χ3n) is 5.49. The maximum absolute atomic E-state index is 13.2. The van der Waals surface area contributed by atoms with Gasteiger partial charge in [0, 0.05) is 24.8 Å². The van der Waals surface area contributed by atoms with Crippen molar-refractivity contribution in [2.24, 2.45) is 0 Å². The van der Waals surface area contributed by atoms with Crippen LogP contribution in [0.2, 0.25) is 0 Å². The molecule has 0 saturated carbocycles. The molecule has 1 atom stereocenters. The van der Waals surface area contributed by atoms with Gasteiger partial charge in [0.05, 0.1) is 6.54 Å². The topological polar surface area (TPSA) is 104 Å². The molecule has 0 bridgehead atoms. The average molecular weight is 399 g/mol. The summed E-state index contributed by atoms with van der Waals surface area (Å²) in [6.07, 6.45) is 2.50.